The minimum atomic E-state index is -0.763. The Labute approximate surface area is 168 Å². The number of carbonyl (C=O) groups excluding carboxylic acids is 3. The van der Waals surface area contributed by atoms with Crippen LogP contribution < -0.4 is 16.0 Å². The highest BCUT2D eigenvalue weighted by molar-refractivity contribution is 6.07. The van der Waals surface area contributed by atoms with Gasteiger partial charge in [0.2, 0.25) is 5.91 Å². The third-order valence-electron chi connectivity index (χ3n) is 5.37. The van der Waals surface area contributed by atoms with Gasteiger partial charge in [0.15, 0.2) is 0 Å². The number of nitrogens with one attached hydrogen (secondary N) is 3. The van der Waals surface area contributed by atoms with Gasteiger partial charge in [0.25, 0.3) is 11.6 Å². The lowest BCUT2D eigenvalue weighted by molar-refractivity contribution is -0.384. The predicted octanol–water partition coefficient (Wildman–Crippen LogP) is 1.77. The number of nitro benzene ring substituents is 1. The molecule has 0 bridgehead atoms. The van der Waals surface area contributed by atoms with Crippen molar-refractivity contribution < 1.29 is 19.3 Å². The van der Waals surface area contributed by atoms with E-state index in [1.807, 2.05) is 0 Å². The lowest BCUT2D eigenvalue weighted by Gasteiger charge is -2.30. The van der Waals surface area contributed by atoms with Crippen LogP contribution in [0.4, 0.5) is 16.2 Å². The van der Waals surface area contributed by atoms with E-state index in [1.54, 1.807) is 12.1 Å². The molecule has 1 spiro atoms. The number of benzene rings is 1. The molecule has 1 heterocycles. The Morgan fingerprint density at radius 3 is 2.48 bits per heavy atom. The fourth-order valence-electron chi connectivity index (χ4n) is 3.78. The molecule has 29 heavy (non-hydrogen) atoms. The van der Waals surface area contributed by atoms with E-state index in [4.69, 9.17) is 0 Å². The summed E-state index contributed by atoms with van der Waals surface area (Å²) in [5, 5.41) is 19.2. The molecule has 1 aromatic rings. The van der Waals surface area contributed by atoms with Gasteiger partial charge in [-0.05, 0) is 25.0 Å². The molecule has 1 aliphatic heterocycles. The summed E-state index contributed by atoms with van der Waals surface area (Å²) in [6.07, 6.45) is 4.28. The van der Waals surface area contributed by atoms with Crippen molar-refractivity contribution in [3.8, 4) is 0 Å². The molecular weight excluding hydrogens is 378 g/mol. The standard InChI is InChI=1S/C19H25N5O5/c25-16(21-12-11-20-14-4-6-15(7-5-14)24(28)29)8-13-23-17(26)19(22-18(23)27)9-2-1-3-10-19/h4-7,20H,1-3,8-13H2,(H,21,25)(H,22,27). The fourth-order valence-corrected chi connectivity index (χ4v) is 3.78. The Balaban J connectivity index is 1.37. The fraction of sp³-hybridized carbons (Fsp3) is 0.526. The molecule has 10 nitrogen and oxygen atoms in total. The van der Waals surface area contributed by atoms with Crippen molar-refractivity contribution in [2.45, 2.75) is 44.1 Å². The number of carbonyl (C=O) groups is 3. The first-order valence-electron chi connectivity index (χ1n) is 9.80. The Morgan fingerprint density at radius 2 is 1.83 bits per heavy atom. The van der Waals surface area contributed by atoms with Crippen LogP contribution in [0, 0.1) is 10.1 Å². The minimum absolute atomic E-state index is 0.0133. The SMILES string of the molecule is O=C(CCN1C(=O)NC2(CCCCC2)C1=O)NCCNc1ccc([N+](=O)[O-])cc1. The average molecular weight is 403 g/mol. The van der Waals surface area contributed by atoms with Gasteiger partial charge in [-0.25, -0.2) is 4.79 Å². The molecule has 1 saturated carbocycles. The van der Waals surface area contributed by atoms with Crippen LogP contribution in [0.15, 0.2) is 24.3 Å². The summed E-state index contributed by atoms with van der Waals surface area (Å²) in [6.45, 7) is 0.851. The van der Waals surface area contributed by atoms with Crippen molar-refractivity contribution in [3.05, 3.63) is 34.4 Å². The number of hydrogen-bond acceptors (Lipinski definition) is 6. The van der Waals surface area contributed by atoms with Gasteiger partial charge in [0.05, 0.1) is 4.92 Å². The number of imide groups is 1. The van der Waals surface area contributed by atoms with E-state index in [1.165, 1.54) is 12.1 Å². The molecule has 3 rings (SSSR count). The number of hydrogen-bond donors (Lipinski definition) is 3. The number of nitro groups is 1. The van der Waals surface area contributed by atoms with E-state index in [2.05, 4.69) is 16.0 Å². The van der Waals surface area contributed by atoms with Gasteiger partial charge in [-0.15, -0.1) is 0 Å². The molecule has 1 aromatic carbocycles. The van der Waals surface area contributed by atoms with Crippen LogP contribution >= 0.6 is 0 Å². The molecule has 1 aliphatic carbocycles. The molecule has 0 atom stereocenters. The highest BCUT2D eigenvalue weighted by atomic mass is 16.6. The van der Waals surface area contributed by atoms with Gasteiger partial charge < -0.3 is 16.0 Å². The Kier molecular flexibility index (Phi) is 6.30. The number of anilines is 1. The van der Waals surface area contributed by atoms with Gasteiger partial charge in [0.1, 0.15) is 5.54 Å². The molecule has 2 fully saturated rings. The molecule has 10 heteroatoms. The van der Waals surface area contributed by atoms with Crippen molar-refractivity contribution in [1.82, 2.24) is 15.5 Å². The van der Waals surface area contributed by atoms with Gasteiger partial charge in [-0.1, -0.05) is 19.3 Å². The number of amides is 4. The van der Waals surface area contributed by atoms with E-state index in [9.17, 15) is 24.5 Å². The highest BCUT2D eigenvalue weighted by Crippen LogP contribution is 2.33. The van der Waals surface area contributed by atoms with Crippen LogP contribution in [0.1, 0.15) is 38.5 Å². The topological polar surface area (TPSA) is 134 Å². The maximum absolute atomic E-state index is 12.6. The Morgan fingerprint density at radius 1 is 1.14 bits per heavy atom. The van der Waals surface area contributed by atoms with Gasteiger partial charge in [0, 0.05) is 43.9 Å². The second kappa shape index (κ2) is 8.89. The number of rotatable bonds is 8. The number of nitrogens with zero attached hydrogens (tertiary/aromatic N) is 2. The van der Waals surface area contributed by atoms with Crippen LogP contribution in [-0.4, -0.2) is 52.8 Å². The molecule has 0 unspecified atom stereocenters. The molecule has 2 aliphatic rings. The normalized spacial score (nSPS) is 17.9. The summed E-state index contributed by atoms with van der Waals surface area (Å²) in [5.74, 6) is -0.462. The molecule has 0 radical (unpaired) electrons. The predicted molar refractivity (Wildman–Crippen MR) is 105 cm³/mol. The Hall–Kier alpha value is -3.17. The first kappa shape index (κ1) is 20.6. The Bertz CT molecular complexity index is 789. The summed E-state index contributed by atoms with van der Waals surface area (Å²) >= 11 is 0. The monoisotopic (exact) mass is 403 g/mol. The lowest BCUT2D eigenvalue weighted by atomic mass is 9.82. The van der Waals surface area contributed by atoms with Crippen LogP contribution in [0.3, 0.4) is 0 Å². The largest absolute Gasteiger partial charge is 0.383 e. The van der Waals surface area contributed by atoms with Crippen LogP contribution in [0.2, 0.25) is 0 Å². The van der Waals surface area contributed by atoms with E-state index in [0.717, 1.165) is 24.2 Å². The smallest absolute Gasteiger partial charge is 0.325 e. The third kappa shape index (κ3) is 4.82. The first-order valence-corrected chi connectivity index (χ1v) is 9.80. The van der Waals surface area contributed by atoms with Crippen LogP contribution in [-0.2, 0) is 9.59 Å². The zero-order chi connectivity index (χ0) is 20.9. The van der Waals surface area contributed by atoms with Crippen LogP contribution in [0.25, 0.3) is 0 Å². The molecule has 4 amide bonds. The van der Waals surface area contributed by atoms with Crippen molar-refractivity contribution >= 4 is 29.2 Å². The maximum atomic E-state index is 12.6. The maximum Gasteiger partial charge on any atom is 0.325 e. The van der Waals surface area contributed by atoms with E-state index < -0.39 is 16.5 Å². The van der Waals surface area contributed by atoms with Crippen molar-refractivity contribution in [3.63, 3.8) is 0 Å². The average Bonchev–Trinajstić information content (AvgIpc) is 2.93. The number of non-ortho nitro benzene ring substituents is 1. The lowest BCUT2D eigenvalue weighted by Crippen LogP contribution is -2.48. The molecule has 0 aromatic heterocycles. The summed E-state index contributed by atoms with van der Waals surface area (Å²) < 4.78 is 0. The summed E-state index contributed by atoms with van der Waals surface area (Å²) in [5.41, 5.74) is -0.0400. The second-order valence-electron chi connectivity index (χ2n) is 7.36. The molecule has 156 valence electrons. The van der Waals surface area contributed by atoms with Gasteiger partial charge in [-0.3, -0.25) is 24.6 Å². The summed E-state index contributed by atoms with van der Waals surface area (Å²) in [7, 11) is 0. The molecule has 1 saturated heterocycles. The second-order valence-corrected chi connectivity index (χ2v) is 7.36. The number of urea groups is 1. The minimum Gasteiger partial charge on any atom is -0.383 e. The van der Waals surface area contributed by atoms with Crippen molar-refractivity contribution in [2.75, 3.05) is 25.0 Å². The zero-order valence-corrected chi connectivity index (χ0v) is 16.1. The third-order valence-corrected chi connectivity index (χ3v) is 5.37. The first-order chi connectivity index (χ1) is 13.9. The quantitative estimate of drug-likeness (QED) is 0.262. The molecular formula is C19H25N5O5. The summed E-state index contributed by atoms with van der Waals surface area (Å²) in [4.78, 5) is 48.1. The molecule has 3 N–H and O–H groups in total. The van der Waals surface area contributed by atoms with E-state index in [-0.39, 0.29) is 30.5 Å². The van der Waals surface area contributed by atoms with E-state index >= 15 is 0 Å². The zero-order valence-electron chi connectivity index (χ0n) is 16.1. The van der Waals surface area contributed by atoms with Gasteiger partial charge in [-0.2, -0.15) is 0 Å². The van der Waals surface area contributed by atoms with E-state index in [0.29, 0.717) is 31.6 Å². The highest BCUT2D eigenvalue weighted by Gasteiger charge is 2.50. The van der Waals surface area contributed by atoms with Crippen molar-refractivity contribution in [1.29, 1.82) is 0 Å². The summed E-state index contributed by atoms with van der Waals surface area (Å²) in [6, 6.07) is 5.58. The van der Waals surface area contributed by atoms with Crippen LogP contribution in [0.5, 0.6) is 0 Å². The van der Waals surface area contributed by atoms with Gasteiger partial charge >= 0.3 is 6.03 Å². The van der Waals surface area contributed by atoms with Crippen molar-refractivity contribution in [2.24, 2.45) is 0 Å².